The van der Waals surface area contributed by atoms with Crippen molar-refractivity contribution >= 4 is 49.0 Å². The van der Waals surface area contributed by atoms with Gasteiger partial charge in [-0.05, 0) is 24.3 Å². The van der Waals surface area contributed by atoms with Crippen LogP contribution in [0, 0.1) is 0 Å². The molecule has 0 atom stereocenters. The van der Waals surface area contributed by atoms with Crippen molar-refractivity contribution in [1.29, 1.82) is 0 Å². The number of rotatable bonds is 2. The van der Waals surface area contributed by atoms with E-state index in [4.69, 9.17) is 23.2 Å². The van der Waals surface area contributed by atoms with Gasteiger partial charge in [-0.2, -0.15) is 0 Å². The van der Waals surface area contributed by atoms with Crippen LogP contribution in [0.1, 0.15) is 0 Å². The van der Waals surface area contributed by atoms with Gasteiger partial charge in [-0.1, -0.05) is 39.1 Å². The molecule has 0 N–H and O–H groups in total. The third-order valence-electron chi connectivity index (χ3n) is 1.38. The second-order valence-electron chi connectivity index (χ2n) is 2.26. The fourth-order valence-electron chi connectivity index (χ4n) is 0.727. The maximum atomic E-state index is 11.4. The fourth-order valence-corrected chi connectivity index (χ4v) is 2.33. The summed E-state index contributed by atoms with van der Waals surface area (Å²) >= 11 is 13.8. The van der Waals surface area contributed by atoms with Crippen LogP contribution in [0.25, 0.3) is 0 Å². The highest BCUT2D eigenvalue weighted by atomic mass is 79.9. The van der Waals surface area contributed by atoms with Crippen LogP contribution in [0.4, 0.5) is 0 Å². The molecule has 72 valence electrons. The molecule has 13 heavy (non-hydrogen) atoms. The highest BCUT2D eigenvalue weighted by Gasteiger charge is 2.22. The van der Waals surface area contributed by atoms with Crippen LogP contribution in [0.15, 0.2) is 33.6 Å². The standard InChI is InChI=1S/C7H5BrCl2O2S/c8-5-1-3-6(4-2-5)13(11,12)7(9)10/h1-4,7H. The Balaban J connectivity index is 3.17. The van der Waals surface area contributed by atoms with Gasteiger partial charge in [0.1, 0.15) is 0 Å². The van der Waals surface area contributed by atoms with Crippen LogP contribution in [0.2, 0.25) is 0 Å². The highest BCUT2D eigenvalue weighted by Crippen LogP contribution is 2.22. The summed E-state index contributed by atoms with van der Waals surface area (Å²) in [7, 11) is -3.58. The number of hydrogen-bond donors (Lipinski definition) is 0. The number of hydrogen-bond acceptors (Lipinski definition) is 2. The van der Waals surface area contributed by atoms with Gasteiger partial charge in [-0.3, -0.25) is 0 Å². The molecule has 6 heteroatoms. The van der Waals surface area contributed by atoms with Crippen molar-refractivity contribution in [2.75, 3.05) is 0 Å². The highest BCUT2D eigenvalue weighted by molar-refractivity contribution is 9.10. The van der Waals surface area contributed by atoms with E-state index in [1.54, 1.807) is 12.1 Å². The molecule has 0 aromatic heterocycles. The third kappa shape index (κ3) is 2.59. The molecule has 0 radical (unpaired) electrons. The Labute approximate surface area is 94.9 Å². The molecule has 1 rings (SSSR count). The van der Waals surface area contributed by atoms with E-state index in [-0.39, 0.29) is 4.90 Å². The molecule has 0 bridgehead atoms. The Morgan fingerprint density at radius 2 is 1.62 bits per heavy atom. The van der Waals surface area contributed by atoms with Crippen LogP contribution in [-0.4, -0.2) is 12.6 Å². The average molecular weight is 304 g/mol. The normalized spacial score (nSPS) is 12.0. The summed E-state index contributed by atoms with van der Waals surface area (Å²) in [6.07, 6.45) is 0. The van der Waals surface area contributed by atoms with Gasteiger partial charge in [0.15, 0.2) is 0 Å². The number of sulfone groups is 1. The van der Waals surface area contributed by atoms with Crippen molar-refractivity contribution in [3.05, 3.63) is 28.7 Å². The SMILES string of the molecule is O=S(=O)(c1ccc(Br)cc1)C(Cl)Cl. The minimum absolute atomic E-state index is 0.116. The number of alkyl halides is 2. The Hall–Kier alpha value is 0.230. The van der Waals surface area contributed by atoms with E-state index in [0.717, 1.165) is 4.47 Å². The van der Waals surface area contributed by atoms with Crippen LogP contribution in [-0.2, 0) is 9.84 Å². The Bertz CT molecular complexity index is 385. The van der Waals surface area contributed by atoms with Crippen LogP contribution in [0.3, 0.4) is 0 Å². The van der Waals surface area contributed by atoms with Crippen molar-refractivity contribution < 1.29 is 8.42 Å². The van der Waals surface area contributed by atoms with Gasteiger partial charge < -0.3 is 0 Å². The molecule has 0 saturated carbocycles. The summed E-state index contributed by atoms with van der Waals surface area (Å²) in [6.45, 7) is 0. The molecule has 1 aromatic rings. The smallest absolute Gasteiger partial charge is 0.212 e. The van der Waals surface area contributed by atoms with Crippen LogP contribution < -0.4 is 0 Å². The van der Waals surface area contributed by atoms with E-state index in [1.807, 2.05) is 0 Å². The van der Waals surface area contributed by atoms with Gasteiger partial charge in [0.2, 0.25) is 14.0 Å². The monoisotopic (exact) mass is 302 g/mol. The first-order valence-electron chi connectivity index (χ1n) is 3.22. The topological polar surface area (TPSA) is 34.1 Å². The fraction of sp³-hybridized carbons (Fsp3) is 0.143. The zero-order valence-corrected chi connectivity index (χ0v) is 10.2. The largest absolute Gasteiger partial charge is 0.221 e. The molecule has 0 aliphatic carbocycles. The van der Waals surface area contributed by atoms with E-state index in [2.05, 4.69) is 15.9 Å². The summed E-state index contributed by atoms with van der Waals surface area (Å²) in [5.74, 6) is 0. The lowest BCUT2D eigenvalue weighted by Crippen LogP contribution is -2.08. The Morgan fingerprint density at radius 1 is 1.15 bits per heavy atom. The van der Waals surface area contributed by atoms with E-state index in [0.29, 0.717) is 0 Å². The van der Waals surface area contributed by atoms with E-state index < -0.39 is 14.0 Å². The molecule has 0 amide bonds. The maximum absolute atomic E-state index is 11.4. The molecule has 0 aliphatic rings. The summed E-state index contributed by atoms with van der Waals surface area (Å²) in [5.41, 5.74) is 0. The molecule has 0 saturated heterocycles. The van der Waals surface area contributed by atoms with E-state index in [1.165, 1.54) is 12.1 Å². The molecule has 0 fully saturated rings. The van der Waals surface area contributed by atoms with Gasteiger partial charge in [0.05, 0.1) is 4.90 Å². The maximum Gasteiger partial charge on any atom is 0.212 e. The van der Waals surface area contributed by atoms with Crippen molar-refractivity contribution in [2.45, 2.75) is 9.06 Å². The third-order valence-corrected chi connectivity index (χ3v) is 4.71. The Kier molecular flexibility index (Phi) is 3.63. The summed E-state index contributed by atoms with van der Waals surface area (Å²) < 4.78 is 22.1. The van der Waals surface area contributed by atoms with Crippen LogP contribution >= 0.6 is 39.1 Å². The van der Waals surface area contributed by atoms with Gasteiger partial charge >= 0.3 is 0 Å². The second kappa shape index (κ2) is 4.17. The molecule has 2 nitrogen and oxygen atoms in total. The lowest BCUT2D eigenvalue weighted by Gasteiger charge is -2.03. The van der Waals surface area contributed by atoms with Gasteiger partial charge in [-0.25, -0.2) is 8.42 Å². The molecular formula is C7H5BrCl2O2S. The zero-order valence-electron chi connectivity index (χ0n) is 6.25. The molecule has 0 aliphatic heterocycles. The average Bonchev–Trinajstić information content (AvgIpc) is 2.04. The van der Waals surface area contributed by atoms with Gasteiger partial charge in [0, 0.05) is 4.47 Å². The van der Waals surface area contributed by atoms with Crippen LogP contribution in [0.5, 0.6) is 0 Å². The second-order valence-corrected chi connectivity index (χ2v) is 6.82. The number of benzene rings is 1. The Morgan fingerprint density at radius 3 is 2.00 bits per heavy atom. The van der Waals surface area contributed by atoms with Crippen molar-refractivity contribution in [3.63, 3.8) is 0 Å². The predicted octanol–water partition coefficient (Wildman–Crippen LogP) is 2.98. The van der Waals surface area contributed by atoms with E-state index >= 15 is 0 Å². The predicted molar refractivity (Wildman–Crippen MR) is 56.8 cm³/mol. The quantitative estimate of drug-likeness (QED) is 0.787. The van der Waals surface area contributed by atoms with Gasteiger partial charge in [-0.15, -0.1) is 0 Å². The first-order valence-corrected chi connectivity index (χ1v) is 6.43. The van der Waals surface area contributed by atoms with Gasteiger partial charge in [0.25, 0.3) is 0 Å². The minimum atomic E-state index is -3.58. The molecule has 0 unspecified atom stereocenters. The van der Waals surface area contributed by atoms with Crippen molar-refractivity contribution in [3.8, 4) is 0 Å². The molecule has 0 heterocycles. The lowest BCUT2D eigenvalue weighted by molar-refractivity contribution is 0.598. The van der Waals surface area contributed by atoms with E-state index in [9.17, 15) is 8.42 Å². The zero-order chi connectivity index (χ0) is 10.1. The summed E-state index contributed by atoms with van der Waals surface area (Å²) in [5, 5.41) is 0. The molecule has 0 spiro atoms. The number of halogens is 3. The molecule has 1 aromatic carbocycles. The molecular weight excluding hydrogens is 299 g/mol. The van der Waals surface area contributed by atoms with Crippen molar-refractivity contribution in [2.24, 2.45) is 0 Å². The first kappa shape index (κ1) is 11.3. The lowest BCUT2D eigenvalue weighted by atomic mass is 10.4. The first-order chi connectivity index (χ1) is 5.94. The summed E-state index contributed by atoms with van der Waals surface area (Å²) in [4.78, 5) is 0.116. The summed E-state index contributed by atoms with van der Waals surface area (Å²) in [6, 6.07) is 6.11. The minimum Gasteiger partial charge on any atom is -0.221 e. The van der Waals surface area contributed by atoms with Crippen molar-refractivity contribution in [1.82, 2.24) is 0 Å².